The molecule has 3 heterocycles. The zero-order chi connectivity index (χ0) is 26.7. The number of hydrogen-bond acceptors (Lipinski definition) is 4. The predicted molar refractivity (Wildman–Crippen MR) is 153 cm³/mol. The average molecular weight is 539 g/mol. The lowest BCUT2D eigenvalue weighted by Crippen LogP contribution is -2.51. The minimum atomic E-state index is -2.02. The van der Waals surface area contributed by atoms with E-state index in [1.54, 1.807) is 12.1 Å². The number of pyridine rings is 2. The quantitative estimate of drug-likeness (QED) is 0.162. The van der Waals surface area contributed by atoms with Gasteiger partial charge in [-0.3, -0.25) is 0 Å². The van der Waals surface area contributed by atoms with Crippen LogP contribution in [0.5, 0.6) is 5.75 Å². The number of nitrogens with zero attached hydrogens (tertiary/aromatic N) is 3. The summed E-state index contributed by atoms with van der Waals surface area (Å²) in [6, 6.07) is 14.9. The van der Waals surface area contributed by atoms with Gasteiger partial charge in [0.05, 0.1) is 0 Å². The predicted octanol–water partition coefficient (Wildman–Crippen LogP) is 8.44. The van der Waals surface area contributed by atoms with Crippen molar-refractivity contribution >= 4 is 36.7 Å². The van der Waals surface area contributed by atoms with Gasteiger partial charge in [-0.15, -0.1) is 0 Å². The summed E-state index contributed by atoms with van der Waals surface area (Å²) in [5, 5.41) is 4.83. The van der Waals surface area contributed by atoms with Crippen LogP contribution in [0.1, 0.15) is 52.7 Å². The van der Waals surface area contributed by atoms with Crippen molar-refractivity contribution in [2.75, 3.05) is 5.32 Å². The Kier molecular flexibility index (Phi) is 8.24. The highest BCUT2D eigenvalue weighted by molar-refractivity contribution is 6.82. The molecule has 0 aliphatic carbocycles. The molecule has 0 radical (unpaired) electrons. The van der Waals surface area contributed by atoms with E-state index in [4.69, 9.17) is 21.3 Å². The first-order valence-electron chi connectivity index (χ1n) is 12.9. The van der Waals surface area contributed by atoms with Crippen LogP contribution in [0, 0.1) is 5.95 Å². The molecule has 1 aromatic carbocycles. The van der Waals surface area contributed by atoms with Crippen LogP contribution in [0.3, 0.4) is 0 Å². The third-order valence-corrected chi connectivity index (χ3v) is 14.5. The zero-order valence-electron chi connectivity index (χ0n) is 22.4. The number of aromatic nitrogens is 3. The Labute approximate surface area is 225 Å². The molecule has 196 valence electrons. The minimum Gasteiger partial charge on any atom is -0.484 e. The standard InChI is InChI=1S/C29H36ClFN4OSi/c1-19(2)37(20(3)4,21(5)6)35-17-23(24-11-9-15-32-29(24)35)18-36-26-13-14-27(34-28(26)31)33-16-22-10-7-8-12-25(22)30/h7-15,17,19-21H,16,18H2,1-6H3,(H,33,34). The third kappa shape index (κ3) is 5.25. The monoisotopic (exact) mass is 538 g/mol. The van der Waals surface area contributed by atoms with Crippen LogP contribution in [0.4, 0.5) is 10.2 Å². The largest absolute Gasteiger partial charge is 0.484 e. The molecule has 0 aliphatic heterocycles. The zero-order valence-corrected chi connectivity index (χ0v) is 24.2. The van der Waals surface area contributed by atoms with Crippen molar-refractivity contribution in [3.8, 4) is 5.75 Å². The number of halogens is 2. The Balaban J connectivity index is 1.58. The molecule has 0 unspecified atom stereocenters. The van der Waals surface area contributed by atoms with E-state index in [9.17, 15) is 4.39 Å². The molecule has 0 spiro atoms. The Morgan fingerprint density at radius 3 is 2.30 bits per heavy atom. The maximum atomic E-state index is 14.9. The van der Waals surface area contributed by atoms with Gasteiger partial charge in [0.15, 0.2) is 14.0 Å². The molecule has 37 heavy (non-hydrogen) atoms. The van der Waals surface area contributed by atoms with E-state index >= 15 is 0 Å². The van der Waals surface area contributed by atoms with Crippen LogP contribution in [-0.4, -0.2) is 22.4 Å². The summed E-state index contributed by atoms with van der Waals surface area (Å²) in [5.74, 6) is -0.110. The summed E-state index contributed by atoms with van der Waals surface area (Å²) in [6.07, 6.45) is 4.05. The highest BCUT2D eigenvalue weighted by atomic mass is 35.5. The molecule has 5 nitrogen and oxygen atoms in total. The Bertz CT molecular complexity index is 1350. The fourth-order valence-electron chi connectivity index (χ4n) is 5.98. The molecule has 4 rings (SSSR count). The lowest BCUT2D eigenvalue weighted by atomic mass is 10.2. The molecule has 3 aromatic heterocycles. The van der Waals surface area contributed by atoms with Crippen LogP contribution in [0.15, 0.2) is 60.9 Å². The Hall–Kier alpha value is -2.90. The number of rotatable bonds is 10. The van der Waals surface area contributed by atoms with Crippen LogP contribution in [-0.2, 0) is 13.2 Å². The van der Waals surface area contributed by atoms with E-state index in [0.29, 0.717) is 34.0 Å². The number of nitrogens with one attached hydrogen (secondary N) is 1. The second-order valence-electron chi connectivity index (χ2n) is 10.5. The van der Waals surface area contributed by atoms with Gasteiger partial charge in [0.1, 0.15) is 18.1 Å². The first kappa shape index (κ1) is 27.1. The molecule has 0 bridgehead atoms. The van der Waals surface area contributed by atoms with Crippen LogP contribution >= 0.6 is 11.6 Å². The van der Waals surface area contributed by atoms with E-state index in [-0.39, 0.29) is 12.4 Å². The Morgan fingerprint density at radius 1 is 0.946 bits per heavy atom. The number of hydrogen-bond donors (Lipinski definition) is 1. The van der Waals surface area contributed by atoms with Gasteiger partial charge in [-0.2, -0.15) is 9.37 Å². The van der Waals surface area contributed by atoms with Gasteiger partial charge in [-0.05, 0) is 52.5 Å². The molecule has 0 saturated carbocycles. The third-order valence-electron chi connectivity index (χ3n) is 7.45. The van der Waals surface area contributed by atoms with E-state index in [0.717, 1.165) is 22.2 Å². The van der Waals surface area contributed by atoms with E-state index in [2.05, 4.69) is 68.3 Å². The minimum absolute atomic E-state index is 0.119. The van der Waals surface area contributed by atoms with Gasteiger partial charge in [0.2, 0.25) is 0 Å². The van der Waals surface area contributed by atoms with Gasteiger partial charge in [0, 0.05) is 34.9 Å². The molecule has 1 N–H and O–H groups in total. The topological polar surface area (TPSA) is 52.0 Å². The van der Waals surface area contributed by atoms with Crippen molar-refractivity contribution in [3.05, 3.63) is 83.0 Å². The summed E-state index contributed by atoms with van der Waals surface area (Å²) in [7, 11) is -2.02. The maximum absolute atomic E-state index is 14.9. The smallest absolute Gasteiger partial charge is 0.257 e. The fraction of sp³-hybridized carbons (Fsp3) is 0.379. The molecular formula is C29H36ClFN4OSi. The average Bonchev–Trinajstić information content (AvgIpc) is 3.21. The molecule has 0 fully saturated rings. The second kappa shape index (κ2) is 11.2. The van der Waals surface area contributed by atoms with Crippen molar-refractivity contribution in [1.82, 2.24) is 14.2 Å². The van der Waals surface area contributed by atoms with Gasteiger partial charge in [-0.1, -0.05) is 71.3 Å². The Morgan fingerprint density at radius 2 is 1.65 bits per heavy atom. The van der Waals surface area contributed by atoms with E-state index < -0.39 is 14.2 Å². The number of anilines is 1. The van der Waals surface area contributed by atoms with Crippen LogP contribution in [0.25, 0.3) is 11.0 Å². The van der Waals surface area contributed by atoms with Crippen molar-refractivity contribution in [1.29, 1.82) is 0 Å². The summed E-state index contributed by atoms with van der Waals surface area (Å²) in [4.78, 5) is 8.84. The van der Waals surface area contributed by atoms with Gasteiger partial charge in [0.25, 0.3) is 5.95 Å². The van der Waals surface area contributed by atoms with Crippen LogP contribution < -0.4 is 10.1 Å². The first-order chi connectivity index (χ1) is 17.7. The molecule has 4 aromatic rings. The van der Waals surface area contributed by atoms with Crippen molar-refractivity contribution in [3.63, 3.8) is 0 Å². The normalized spacial score (nSPS) is 12.2. The highest BCUT2D eigenvalue weighted by Crippen LogP contribution is 2.44. The molecular weight excluding hydrogens is 503 g/mol. The number of fused-ring (bicyclic) bond motifs is 1. The maximum Gasteiger partial charge on any atom is 0.257 e. The SMILES string of the molecule is CC(C)[Si](C(C)C)(C(C)C)n1cc(COc2ccc(NCc3ccccc3Cl)nc2F)c2cccnc21. The molecule has 0 atom stereocenters. The number of ether oxygens (including phenoxy) is 1. The summed E-state index contributed by atoms with van der Waals surface area (Å²) >= 11 is 6.21. The molecule has 0 amide bonds. The van der Waals surface area contributed by atoms with Gasteiger partial charge >= 0.3 is 0 Å². The number of benzene rings is 1. The molecule has 8 heteroatoms. The summed E-state index contributed by atoms with van der Waals surface area (Å²) in [5.41, 5.74) is 4.47. The molecule has 0 saturated heterocycles. The lowest BCUT2D eigenvalue weighted by Gasteiger charge is -2.44. The molecule has 0 aliphatic rings. The second-order valence-corrected chi connectivity index (χ2v) is 16.6. The van der Waals surface area contributed by atoms with E-state index in [1.165, 1.54) is 0 Å². The van der Waals surface area contributed by atoms with E-state index in [1.807, 2.05) is 36.5 Å². The van der Waals surface area contributed by atoms with Gasteiger partial charge < -0.3 is 14.3 Å². The lowest BCUT2D eigenvalue weighted by molar-refractivity contribution is 0.287. The highest BCUT2D eigenvalue weighted by Gasteiger charge is 2.46. The van der Waals surface area contributed by atoms with Crippen molar-refractivity contribution in [2.45, 2.75) is 71.3 Å². The van der Waals surface area contributed by atoms with Crippen molar-refractivity contribution < 1.29 is 9.13 Å². The summed E-state index contributed by atoms with van der Waals surface area (Å²) < 4.78 is 23.3. The first-order valence-corrected chi connectivity index (χ1v) is 15.4. The fourth-order valence-corrected chi connectivity index (χ4v) is 12.8. The van der Waals surface area contributed by atoms with Crippen molar-refractivity contribution in [2.24, 2.45) is 0 Å². The summed E-state index contributed by atoms with van der Waals surface area (Å²) in [6.45, 7) is 14.7. The van der Waals surface area contributed by atoms with Gasteiger partial charge in [-0.25, -0.2) is 4.98 Å². The van der Waals surface area contributed by atoms with Crippen LogP contribution in [0.2, 0.25) is 21.6 Å².